The van der Waals surface area contributed by atoms with Crippen molar-refractivity contribution < 1.29 is 13.2 Å². The van der Waals surface area contributed by atoms with Crippen LogP contribution in [0.25, 0.3) is 0 Å². The quantitative estimate of drug-likeness (QED) is 0.870. The number of nitrogens with zero attached hydrogens (tertiary/aromatic N) is 1. The average Bonchev–Trinajstić information content (AvgIpc) is 2.64. The highest BCUT2D eigenvalue weighted by molar-refractivity contribution is 7.89. The molecule has 0 unspecified atom stereocenters. The zero-order valence-corrected chi connectivity index (χ0v) is 14.3. The van der Waals surface area contributed by atoms with Crippen LogP contribution in [0.1, 0.15) is 11.6 Å². The van der Waals surface area contributed by atoms with Gasteiger partial charge in [0.1, 0.15) is 0 Å². The summed E-state index contributed by atoms with van der Waals surface area (Å²) in [5.41, 5.74) is 1.11. The highest BCUT2D eigenvalue weighted by atomic mass is 32.2. The third-order valence-electron chi connectivity index (χ3n) is 4.19. The predicted molar refractivity (Wildman–Crippen MR) is 93.2 cm³/mol. The van der Waals surface area contributed by atoms with Gasteiger partial charge in [0.2, 0.25) is 10.0 Å². The van der Waals surface area contributed by atoms with Crippen molar-refractivity contribution in [1.82, 2.24) is 9.62 Å². The van der Waals surface area contributed by atoms with Crippen LogP contribution in [-0.2, 0) is 14.8 Å². The van der Waals surface area contributed by atoms with E-state index in [1.165, 1.54) is 0 Å². The highest BCUT2D eigenvalue weighted by Gasteiger charge is 2.24. The maximum absolute atomic E-state index is 12.5. The summed E-state index contributed by atoms with van der Waals surface area (Å²) in [7, 11) is -3.51. The third kappa shape index (κ3) is 4.21. The highest BCUT2D eigenvalue weighted by Crippen LogP contribution is 2.22. The van der Waals surface area contributed by atoms with Crippen LogP contribution < -0.4 is 4.72 Å². The molecular weight excluding hydrogens is 324 g/mol. The molecule has 1 aliphatic heterocycles. The molecule has 0 spiro atoms. The first-order valence-corrected chi connectivity index (χ1v) is 9.56. The number of nitrogens with one attached hydrogen (secondary N) is 1. The molecule has 6 heteroatoms. The molecular formula is C18H22N2O3S. The van der Waals surface area contributed by atoms with Gasteiger partial charge >= 0.3 is 0 Å². The minimum Gasteiger partial charge on any atom is -0.379 e. The first-order valence-electron chi connectivity index (χ1n) is 8.08. The molecule has 5 nitrogen and oxygen atoms in total. The van der Waals surface area contributed by atoms with E-state index < -0.39 is 10.0 Å². The number of ether oxygens (including phenoxy) is 1. The summed E-state index contributed by atoms with van der Waals surface area (Å²) in [6, 6.07) is 18.5. The van der Waals surface area contributed by atoms with Crippen LogP contribution in [-0.4, -0.2) is 46.2 Å². The second kappa shape index (κ2) is 7.90. The van der Waals surface area contributed by atoms with Crippen molar-refractivity contribution in [3.63, 3.8) is 0 Å². The Balaban J connectivity index is 1.77. The smallest absolute Gasteiger partial charge is 0.240 e. The molecule has 0 bridgehead atoms. The number of hydrogen-bond acceptors (Lipinski definition) is 4. The Labute approximate surface area is 143 Å². The number of rotatable bonds is 6. The Kier molecular flexibility index (Phi) is 5.63. The second-order valence-corrected chi connectivity index (χ2v) is 7.51. The monoisotopic (exact) mass is 346 g/mol. The zero-order valence-electron chi connectivity index (χ0n) is 13.5. The van der Waals surface area contributed by atoms with Crippen LogP contribution in [0.5, 0.6) is 0 Å². The van der Waals surface area contributed by atoms with Crippen molar-refractivity contribution >= 4 is 10.0 Å². The summed E-state index contributed by atoms with van der Waals surface area (Å²) in [6.07, 6.45) is 0. The molecule has 0 radical (unpaired) electrons. The minimum atomic E-state index is -3.51. The topological polar surface area (TPSA) is 58.6 Å². The number of hydrogen-bond donors (Lipinski definition) is 1. The number of benzene rings is 2. The summed E-state index contributed by atoms with van der Waals surface area (Å²) >= 11 is 0. The first-order chi connectivity index (χ1) is 11.7. The molecule has 1 heterocycles. The van der Waals surface area contributed by atoms with E-state index in [0.29, 0.717) is 24.7 Å². The minimum absolute atomic E-state index is 0.00594. The Bertz CT molecular complexity index is 729. The molecule has 1 atom stereocenters. The fourth-order valence-electron chi connectivity index (χ4n) is 2.89. The maximum atomic E-state index is 12.5. The summed E-state index contributed by atoms with van der Waals surface area (Å²) in [5, 5.41) is 0. The largest absolute Gasteiger partial charge is 0.379 e. The van der Waals surface area contributed by atoms with E-state index in [-0.39, 0.29) is 6.04 Å². The lowest BCUT2D eigenvalue weighted by Crippen LogP contribution is -2.43. The van der Waals surface area contributed by atoms with Gasteiger partial charge in [0.25, 0.3) is 0 Å². The van der Waals surface area contributed by atoms with E-state index in [2.05, 4.69) is 9.62 Å². The Morgan fingerprint density at radius 1 is 0.958 bits per heavy atom. The van der Waals surface area contributed by atoms with Crippen LogP contribution in [0.15, 0.2) is 65.6 Å². The van der Waals surface area contributed by atoms with Gasteiger partial charge in [-0.1, -0.05) is 48.5 Å². The lowest BCUT2D eigenvalue weighted by atomic mass is 10.1. The molecule has 0 aromatic heterocycles. The summed E-state index contributed by atoms with van der Waals surface area (Å²) in [4.78, 5) is 2.56. The van der Waals surface area contributed by atoms with Gasteiger partial charge in [0, 0.05) is 25.7 Å². The van der Waals surface area contributed by atoms with Crippen molar-refractivity contribution in [3.05, 3.63) is 66.2 Å². The molecule has 0 aliphatic carbocycles. The van der Waals surface area contributed by atoms with E-state index in [4.69, 9.17) is 4.74 Å². The molecule has 3 rings (SSSR count). The SMILES string of the molecule is O=S(=O)(NC[C@H](c1ccccc1)N1CCOCC1)c1ccccc1. The van der Waals surface area contributed by atoms with Crippen molar-refractivity contribution in [3.8, 4) is 0 Å². The van der Waals surface area contributed by atoms with Gasteiger partial charge in [0.05, 0.1) is 18.1 Å². The second-order valence-electron chi connectivity index (χ2n) is 5.74. The van der Waals surface area contributed by atoms with Gasteiger partial charge in [-0.2, -0.15) is 0 Å². The van der Waals surface area contributed by atoms with Crippen LogP contribution in [0.4, 0.5) is 0 Å². The molecule has 0 saturated carbocycles. The molecule has 0 amide bonds. The lowest BCUT2D eigenvalue weighted by Gasteiger charge is -2.34. The number of sulfonamides is 1. The van der Waals surface area contributed by atoms with E-state index in [1.807, 2.05) is 30.3 Å². The van der Waals surface area contributed by atoms with E-state index >= 15 is 0 Å². The van der Waals surface area contributed by atoms with E-state index in [1.54, 1.807) is 30.3 Å². The van der Waals surface area contributed by atoms with Crippen molar-refractivity contribution in [2.75, 3.05) is 32.8 Å². The average molecular weight is 346 g/mol. The van der Waals surface area contributed by atoms with Crippen LogP contribution in [0.2, 0.25) is 0 Å². The van der Waals surface area contributed by atoms with Crippen LogP contribution in [0.3, 0.4) is 0 Å². The molecule has 1 fully saturated rings. The predicted octanol–water partition coefficient (Wildman–Crippen LogP) is 2.04. The molecule has 1 N–H and O–H groups in total. The molecule has 24 heavy (non-hydrogen) atoms. The molecule has 128 valence electrons. The molecule has 1 aliphatic rings. The first kappa shape index (κ1) is 17.1. The van der Waals surface area contributed by atoms with Gasteiger partial charge in [-0.3, -0.25) is 4.90 Å². The standard InChI is InChI=1S/C18H22N2O3S/c21-24(22,17-9-5-2-6-10-17)19-15-18(16-7-3-1-4-8-16)20-11-13-23-14-12-20/h1-10,18-19H,11-15H2/t18-/m1/s1. The maximum Gasteiger partial charge on any atom is 0.240 e. The Morgan fingerprint density at radius 2 is 1.54 bits per heavy atom. The van der Waals surface area contributed by atoms with Crippen LogP contribution in [0, 0.1) is 0 Å². The van der Waals surface area contributed by atoms with Gasteiger partial charge in [-0.25, -0.2) is 13.1 Å². The van der Waals surface area contributed by atoms with Gasteiger partial charge in [0.15, 0.2) is 0 Å². The lowest BCUT2D eigenvalue weighted by molar-refractivity contribution is 0.0172. The summed E-state index contributed by atoms with van der Waals surface area (Å²) in [5.74, 6) is 0. The molecule has 2 aromatic rings. The fourth-order valence-corrected chi connectivity index (χ4v) is 3.95. The normalized spacial score (nSPS) is 17.5. The fraction of sp³-hybridized carbons (Fsp3) is 0.333. The van der Waals surface area contributed by atoms with Gasteiger partial charge in [-0.15, -0.1) is 0 Å². The van der Waals surface area contributed by atoms with E-state index in [0.717, 1.165) is 18.7 Å². The third-order valence-corrected chi connectivity index (χ3v) is 5.63. The Morgan fingerprint density at radius 3 is 2.17 bits per heavy atom. The van der Waals surface area contributed by atoms with Crippen LogP contribution >= 0.6 is 0 Å². The summed E-state index contributed by atoms with van der Waals surface area (Å²) < 4.78 is 33.2. The van der Waals surface area contributed by atoms with Gasteiger partial charge in [-0.05, 0) is 17.7 Å². The summed E-state index contributed by atoms with van der Waals surface area (Å²) in [6.45, 7) is 3.28. The zero-order chi connectivity index (χ0) is 16.8. The molecule has 1 saturated heterocycles. The van der Waals surface area contributed by atoms with E-state index in [9.17, 15) is 8.42 Å². The van der Waals surface area contributed by atoms with Crippen molar-refractivity contribution in [1.29, 1.82) is 0 Å². The van der Waals surface area contributed by atoms with Crippen molar-refractivity contribution in [2.24, 2.45) is 0 Å². The van der Waals surface area contributed by atoms with Gasteiger partial charge < -0.3 is 4.74 Å². The van der Waals surface area contributed by atoms with Crippen molar-refractivity contribution in [2.45, 2.75) is 10.9 Å². The number of morpholine rings is 1. The molecule has 2 aromatic carbocycles. The Hall–Kier alpha value is -1.73.